The molecule has 1 aliphatic heterocycles. The van der Waals surface area contributed by atoms with Gasteiger partial charge in [0.1, 0.15) is 0 Å². The van der Waals surface area contributed by atoms with Crippen LogP contribution in [0, 0.1) is 17.8 Å². The number of rotatable bonds is 2. The molecule has 3 N–H and O–H groups in total. The second kappa shape index (κ2) is 7.04. The molecule has 1 amide bonds. The van der Waals surface area contributed by atoms with Crippen LogP contribution in [0.1, 0.15) is 28.8 Å². The minimum atomic E-state index is -0.0229. The maximum absolute atomic E-state index is 12.4. The van der Waals surface area contributed by atoms with Gasteiger partial charge in [-0.2, -0.15) is 0 Å². The van der Waals surface area contributed by atoms with E-state index in [0.29, 0.717) is 30.1 Å². The molecular formula is C15H19N3O2. The van der Waals surface area contributed by atoms with Crippen LogP contribution in [-0.2, 0) is 0 Å². The third-order valence-electron chi connectivity index (χ3n) is 3.48. The molecule has 1 saturated heterocycles. The number of hydrogen-bond donors (Lipinski definition) is 2. The van der Waals surface area contributed by atoms with Crippen LogP contribution in [0.25, 0.3) is 0 Å². The Balaban J connectivity index is 2.06. The molecule has 0 saturated carbocycles. The second-order valence-corrected chi connectivity index (χ2v) is 4.89. The number of aliphatic hydroxyl groups excluding tert-OH is 1. The van der Waals surface area contributed by atoms with Crippen molar-refractivity contribution in [3.8, 4) is 11.8 Å². The van der Waals surface area contributed by atoms with Crippen molar-refractivity contribution in [2.45, 2.75) is 12.8 Å². The van der Waals surface area contributed by atoms with Crippen molar-refractivity contribution < 1.29 is 9.90 Å². The van der Waals surface area contributed by atoms with E-state index in [0.717, 1.165) is 12.8 Å². The van der Waals surface area contributed by atoms with E-state index in [4.69, 9.17) is 10.8 Å². The van der Waals surface area contributed by atoms with Gasteiger partial charge in [0.2, 0.25) is 0 Å². The highest BCUT2D eigenvalue weighted by atomic mass is 16.3. The fourth-order valence-corrected chi connectivity index (χ4v) is 2.28. The van der Waals surface area contributed by atoms with Gasteiger partial charge >= 0.3 is 0 Å². The molecule has 1 aromatic heterocycles. The highest BCUT2D eigenvalue weighted by molar-refractivity contribution is 5.94. The molecule has 0 spiro atoms. The molecule has 5 nitrogen and oxygen atoms in total. The smallest absolute Gasteiger partial charge is 0.255 e. The third-order valence-corrected chi connectivity index (χ3v) is 3.48. The minimum absolute atomic E-state index is 0.0229. The van der Waals surface area contributed by atoms with Gasteiger partial charge < -0.3 is 15.7 Å². The Morgan fingerprint density at radius 3 is 2.85 bits per heavy atom. The first-order valence-electron chi connectivity index (χ1n) is 6.78. The third kappa shape index (κ3) is 3.56. The molecule has 0 bridgehead atoms. The summed E-state index contributed by atoms with van der Waals surface area (Å²) in [7, 11) is 0. The molecule has 0 radical (unpaired) electrons. The van der Waals surface area contributed by atoms with Crippen LogP contribution < -0.4 is 5.73 Å². The van der Waals surface area contributed by atoms with Crippen molar-refractivity contribution >= 4 is 5.91 Å². The van der Waals surface area contributed by atoms with Gasteiger partial charge in [0.05, 0.1) is 12.1 Å². The summed E-state index contributed by atoms with van der Waals surface area (Å²) < 4.78 is 0. The molecular weight excluding hydrogens is 254 g/mol. The van der Waals surface area contributed by atoms with E-state index in [1.54, 1.807) is 18.5 Å². The maximum Gasteiger partial charge on any atom is 0.255 e. The molecule has 2 heterocycles. The quantitative estimate of drug-likeness (QED) is 0.756. The Labute approximate surface area is 118 Å². The number of hydrogen-bond acceptors (Lipinski definition) is 4. The standard InChI is InChI=1S/C15H19N3O2/c16-5-1-2-13-8-14(10-17-9-13)15(20)18-6-3-12(11-19)4-7-18/h8-10,12,19H,3-7,11,16H2. The molecule has 106 valence electrons. The lowest BCUT2D eigenvalue weighted by atomic mass is 9.97. The molecule has 2 rings (SSSR count). The molecule has 1 aliphatic rings. The zero-order valence-electron chi connectivity index (χ0n) is 11.4. The predicted octanol–water partition coefficient (Wildman–Crippen LogP) is 0.236. The van der Waals surface area contributed by atoms with Crippen LogP contribution in [-0.4, -0.2) is 47.1 Å². The average molecular weight is 273 g/mol. The van der Waals surface area contributed by atoms with Gasteiger partial charge in [-0.1, -0.05) is 11.8 Å². The topological polar surface area (TPSA) is 79.5 Å². The minimum Gasteiger partial charge on any atom is -0.396 e. The zero-order valence-corrected chi connectivity index (χ0v) is 11.4. The van der Waals surface area contributed by atoms with Gasteiger partial charge in [0, 0.05) is 37.7 Å². The number of carbonyl (C=O) groups excluding carboxylic acids is 1. The zero-order chi connectivity index (χ0) is 14.4. The van der Waals surface area contributed by atoms with Crippen LogP contribution in [0.5, 0.6) is 0 Å². The number of nitrogens with zero attached hydrogens (tertiary/aromatic N) is 2. The van der Waals surface area contributed by atoms with E-state index in [1.807, 2.05) is 4.90 Å². The molecule has 1 aromatic rings. The van der Waals surface area contributed by atoms with Crippen molar-refractivity contribution in [3.63, 3.8) is 0 Å². The predicted molar refractivity (Wildman–Crippen MR) is 75.9 cm³/mol. The lowest BCUT2D eigenvalue weighted by Gasteiger charge is -2.31. The van der Waals surface area contributed by atoms with Gasteiger partial charge in [-0.25, -0.2) is 0 Å². The van der Waals surface area contributed by atoms with Crippen LogP contribution in [0.3, 0.4) is 0 Å². The molecule has 0 aliphatic carbocycles. The van der Waals surface area contributed by atoms with Gasteiger partial charge in [-0.3, -0.25) is 9.78 Å². The van der Waals surface area contributed by atoms with Crippen LogP contribution in [0.15, 0.2) is 18.5 Å². The van der Waals surface area contributed by atoms with E-state index < -0.39 is 0 Å². The van der Waals surface area contributed by atoms with E-state index in [-0.39, 0.29) is 19.1 Å². The summed E-state index contributed by atoms with van der Waals surface area (Å²) in [4.78, 5) is 18.2. The van der Waals surface area contributed by atoms with Crippen LogP contribution in [0.2, 0.25) is 0 Å². The molecule has 20 heavy (non-hydrogen) atoms. The normalized spacial score (nSPS) is 15.6. The van der Waals surface area contributed by atoms with E-state index in [9.17, 15) is 4.79 Å². The first-order valence-corrected chi connectivity index (χ1v) is 6.78. The van der Waals surface area contributed by atoms with Gasteiger partial charge in [-0.05, 0) is 24.8 Å². The summed E-state index contributed by atoms with van der Waals surface area (Å²) in [6, 6.07) is 1.75. The summed E-state index contributed by atoms with van der Waals surface area (Å²) in [5, 5.41) is 9.11. The number of aromatic nitrogens is 1. The number of carbonyl (C=O) groups is 1. The van der Waals surface area contributed by atoms with Crippen molar-refractivity contribution in [1.29, 1.82) is 0 Å². The molecule has 0 atom stereocenters. The fraction of sp³-hybridized carbons (Fsp3) is 0.467. The second-order valence-electron chi connectivity index (χ2n) is 4.89. The molecule has 0 unspecified atom stereocenters. The van der Waals surface area contributed by atoms with Crippen molar-refractivity contribution in [3.05, 3.63) is 29.6 Å². The average Bonchev–Trinajstić information content (AvgIpc) is 2.52. The Morgan fingerprint density at radius 2 is 2.20 bits per heavy atom. The number of amides is 1. The molecule has 0 aromatic carbocycles. The Bertz CT molecular complexity index is 525. The Morgan fingerprint density at radius 1 is 1.45 bits per heavy atom. The number of nitrogens with two attached hydrogens (primary N) is 1. The first kappa shape index (κ1) is 14.5. The summed E-state index contributed by atoms with van der Waals surface area (Å²) in [6.45, 7) is 1.85. The summed E-state index contributed by atoms with van der Waals surface area (Å²) >= 11 is 0. The summed E-state index contributed by atoms with van der Waals surface area (Å²) in [6.07, 6.45) is 4.89. The van der Waals surface area contributed by atoms with Crippen molar-refractivity contribution in [1.82, 2.24) is 9.88 Å². The Hall–Kier alpha value is -1.90. The fourth-order valence-electron chi connectivity index (χ4n) is 2.28. The number of likely N-dealkylation sites (tertiary alicyclic amines) is 1. The number of pyridine rings is 1. The van der Waals surface area contributed by atoms with Crippen molar-refractivity contribution in [2.75, 3.05) is 26.2 Å². The first-order chi connectivity index (χ1) is 9.74. The lowest BCUT2D eigenvalue weighted by Crippen LogP contribution is -2.39. The Kier molecular flexibility index (Phi) is 5.10. The highest BCUT2D eigenvalue weighted by Crippen LogP contribution is 2.18. The van der Waals surface area contributed by atoms with E-state index in [2.05, 4.69) is 16.8 Å². The largest absolute Gasteiger partial charge is 0.396 e. The van der Waals surface area contributed by atoms with Crippen molar-refractivity contribution in [2.24, 2.45) is 11.7 Å². The van der Waals surface area contributed by atoms with Crippen LogP contribution >= 0.6 is 0 Å². The maximum atomic E-state index is 12.4. The van der Waals surface area contributed by atoms with E-state index >= 15 is 0 Å². The highest BCUT2D eigenvalue weighted by Gasteiger charge is 2.23. The number of aliphatic hydroxyl groups is 1. The van der Waals surface area contributed by atoms with Gasteiger partial charge in [-0.15, -0.1) is 0 Å². The molecule has 5 heteroatoms. The van der Waals surface area contributed by atoms with Crippen LogP contribution in [0.4, 0.5) is 0 Å². The monoisotopic (exact) mass is 273 g/mol. The summed E-state index contributed by atoms with van der Waals surface area (Å²) in [5.74, 6) is 5.92. The SMILES string of the molecule is NCC#Cc1cncc(C(=O)N2CCC(CO)CC2)c1. The molecule has 1 fully saturated rings. The van der Waals surface area contributed by atoms with Gasteiger partial charge in [0.25, 0.3) is 5.91 Å². The van der Waals surface area contributed by atoms with Gasteiger partial charge in [0.15, 0.2) is 0 Å². The lowest BCUT2D eigenvalue weighted by molar-refractivity contribution is 0.0650. The number of piperidine rings is 1. The van der Waals surface area contributed by atoms with E-state index in [1.165, 1.54) is 0 Å². The summed E-state index contributed by atoms with van der Waals surface area (Å²) in [5.41, 5.74) is 6.58.